The molecule has 0 aliphatic carbocycles. The van der Waals surface area contributed by atoms with Crippen molar-refractivity contribution in [1.29, 1.82) is 0 Å². The zero-order valence-corrected chi connectivity index (χ0v) is 13.3. The number of pyridine rings is 2. The smallest absolute Gasteiger partial charge is 0.444 e. The van der Waals surface area contributed by atoms with Crippen LogP contribution >= 0.6 is 0 Å². The van der Waals surface area contributed by atoms with Gasteiger partial charge in [0, 0.05) is 12.4 Å². The Morgan fingerprint density at radius 2 is 0.958 bits per heavy atom. The predicted octanol–water partition coefficient (Wildman–Crippen LogP) is 2.45. The summed E-state index contributed by atoms with van der Waals surface area (Å²) in [7, 11) is 0. The maximum atomic E-state index is 8.00. The monoisotopic (exact) mass is 426 g/mol. The summed E-state index contributed by atoms with van der Waals surface area (Å²) < 4.78 is 0. The molecular formula is C10H8N6O7Ru. The van der Waals surface area contributed by atoms with Gasteiger partial charge in [-0.3, -0.25) is 9.97 Å². The van der Waals surface area contributed by atoms with Crippen LogP contribution in [0.15, 0.2) is 64.8 Å². The van der Waals surface area contributed by atoms with Gasteiger partial charge in [-0.05, 0) is 24.3 Å². The maximum absolute atomic E-state index is 8.00. The zero-order chi connectivity index (χ0) is 18.3. The van der Waals surface area contributed by atoms with Crippen LogP contribution in [0.2, 0.25) is 0 Å². The molecule has 2 radical (unpaired) electrons. The first-order valence-corrected chi connectivity index (χ1v) is 5.07. The van der Waals surface area contributed by atoms with Crippen molar-refractivity contribution in [3.05, 3.63) is 84.0 Å². The van der Waals surface area contributed by atoms with E-state index in [4.69, 9.17) is 40.8 Å². The molecule has 0 saturated heterocycles. The number of aromatic nitrogens is 2. The molecule has 2 rings (SSSR count). The van der Waals surface area contributed by atoms with E-state index in [2.05, 4.69) is 9.97 Å². The molecule has 0 aliphatic heterocycles. The molecule has 0 saturated carbocycles. The molecule has 2 aromatic heterocycles. The third-order valence-electron chi connectivity index (χ3n) is 1.59. The number of rotatable bonds is 1. The van der Waals surface area contributed by atoms with Crippen LogP contribution in [0.3, 0.4) is 0 Å². The largest absolute Gasteiger partial charge is 3.00 e. The quantitative estimate of drug-likeness (QED) is 0.371. The fourth-order valence-corrected chi connectivity index (χ4v) is 1.03. The third-order valence-corrected chi connectivity index (χ3v) is 1.59. The van der Waals surface area contributed by atoms with Gasteiger partial charge < -0.3 is 30.3 Å². The van der Waals surface area contributed by atoms with Gasteiger partial charge >= 0.3 is 19.5 Å². The summed E-state index contributed by atoms with van der Waals surface area (Å²) >= 11 is 0. The van der Waals surface area contributed by atoms with Crippen molar-refractivity contribution in [2.45, 2.75) is 0 Å². The van der Waals surface area contributed by atoms with Gasteiger partial charge in [-0.15, -0.1) is 20.9 Å². The van der Waals surface area contributed by atoms with E-state index in [-0.39, 0.29) is 19.5 Å². The second-order valence-electron chi connectivity index (χ2n) is 2.65. The molecular weight excluding hydrogens is 417 g/mol. The molecule has 0 amide bonds. The van der Waals surface area contributed by atoms with E-state index in [0.717, 1.165) is 27.4 Å². The number of nitroso groups, excluding NO2 is 1. The van der Waals surface area contributed by atoms with Gasteiger partial charge in [-0.2, -0.15) is 0 Å². The molecule has 2 heterocycles. The molecule has 128 valence electrons. The van der Waals surface area contributed by atoms with Crippen LogP contribution in [0.5, 0.6) is 0 Å². The minimum absolute atomic E-state index is 0. The summed E-state index contributed by atoms with van der Waals surface area (Å²) in [6.45, 7) is 0. The van der Waals surface area contributed by atoms with Gasteiger partial charge in [-0.25, -0.2) is 0 Å². The normalized spacial score (nSPS) is 6.50. The summed E-state index contributed by atoms with van der Waals surface area (Å²) in [5.74, 6) is 0. The minimum Gasteiger partial charge on any atom is -0.444 e. The van der Waals surface area contributed by atoms with Gasteiger partial charge in [0.25, 0.3) is 0 Å². The van der Waals surface area contributed by atoms with Crippen LogP contribution in [0.1, 0.15) is 0 Å². The summed E-state index contributed by atoms with van der Waals surface area (Å²) in [6.07, 6.45) is 3.54. The van der Waals surface area contributed by atoms with Crippen molar-refractivity contribution < 1.29 is 19.5 Å². The molecule has 24 heavy (non-hydrogen) atoms. The van der Waals surface area contributed by atoms with E-state index in [1.54, 1.807) is 12.4 Å². The van der Waals surface area contributed by atoms with Crippen molar-refractivity contribution in [1.82, 2.24) is 15.6 Å². The van der Waals surface area contributed by atoms with Crippen LogP contribution in [-0.4, -0.2) is 9.97 Å². The molecule has 0 fully saturated rings. The van der Waals surface area contributed by atoms with Crippen LogP contribution in [-0.2, 0) is 19.5 Å². The van der Waals surface area contributed by atoms with E-state index < -0.39 is 0 Å². The summed E-state index contributed by atoms with van der Waals surface area (Å²) in [5, 5.41) is 27.0. The first-order chi connectivity index (χ1) is 11.2. The van der Waals surface area contributed by atoms with Crippen LogP contribution in [0.4, 0.5) is 0 Å². The van der Waals surface area contributed by atoms with Crippen LogP contribution in [0, 0.1) is 35.3 Å². The Balaban J connectivity index is -0.000000141. The SMILES string of the molecule is O=N[O-].O=N[O-].O=N[O-].[N]=O.[Ru+3].c1ccc(-c2ccccn2)nc1. The Labute approximate surface area is 147 Å². The van der Waals surface area contributed by atoms with E-state index in [0.29, 0.717) is 0 Å². The first kappa shape index (κ1) is 28.8. The summed E-state index contributed by atoms with van der Waals surface area (Å²) in [4.78, 5) is 39.6. The van der Waals surface area contributed by atoms with Crippen molar-refractivity contribution in [2.75, 3.05) is 0 Å². The molecule has 0 unspecified atom stereocenters. The predicted molar refractivity (Wildman–Crippen MR) is 80.5 cm³/mol. The average Bonchev–Trinajstić information content (AvgIpc) is 2.60. The molecule has 0 spiro atoms. The van der Waals surface area contributed by atoms with Gasteiger partial charge in [0.15, 0.2) is 0 Å². The fraction of sp³-hybridized carbons (Fsp3) is 0. The van der Waals surface area contributed by atoms with Gasteiger partial charge in [0.2, 0.25) is 0 Å². The number of hydrogen-bond acceptors (Lipinski definition) is 12. The average molecular weight is 425 g/mol. The second-order valence-corrected chi connectivity index (χ2v) is 2.65. The zero-order valence-electron chi connectivity index (χ0n) is 11.5. The Kier molecular flexibility index (Phi) is 33.6. The fourth-order valence-electron chi connectivity index (χ4n) is 1.03. The van der Waals surface area contributed by atoms with E-state index >= 15 is 0 Å². The van der Waals surface area contributed by atoms with Gasteiger partial charge in [-0.1, -0.05) is 12.1 Å². The number of hydrogen-bond donors (Lipinski definition) is 0. The molecule has 14 heteroatoms. The third kappa shape index (κ3) is 21.0. The summed E-state index contributed by atoms with van der Waals surface area (Å²) in [6, 6.07) is 11.6. The molecule has 13 nitrogen and oxygen atoms in total. The van der Waals surface area contributed by atoms with Crippen molar-refractivity contribution in [3.63, 3.8) is 0 Å². The van der Waals surface area contributed by atoms with Crippen LogP contribution in [0.25, 0.3) is 11.4 Å². The number of nitrogens with zero attached hydrogens (tertiary/aromatic N) is 6. The minimum atomic E-state index is 0. The standard InChI is InChI=1S/C10H8N2.3HNO2.NO.Ru/c1-3-7-11-9(5-1)10-6-2-4-8-12-10;3*2-1-3;1-2;/h1-8H;3*(H,2,3);;/q;;;;;+3/p-3. The van der Waals surface area contributed by atoms with Crippen molar-refractivity contribution in [2.24, 2.45) is 16.0 Å². The van der Waals surface area contributed by atoms with Crippen molar-refractivity contribution >= 4 is 0 Å². The maximum Gasteiger partial charge on any atom is 3.00 e. The molecule has 0 N–H and O–H groups in total. The van der Waals surface area contributed by atoms with E-state index in [1.807, 2.05) is 36.4 Å². The Morgan fingerprint density at radius 3 is 1.12 bits per heavy atom. The van der Waals surface area contributed by atoms with E-state index in [1.165, 1.54) is 0 Å². The van der Waals surface area contributed by atoms with Gasteiger partial charge in [0.05, 0.1) is 11.4 Å². The summed E-state index contributed by atoms with van der Waals surface area (Å²) in [5.41, 5.74) is 7.58. The first-order valence-electron chi connectivity index (χ1n) is 5.07. The molecule has 2 aromatic rings. The van der Waals surface area contributed by atoms with Crippen molar-refractivity contribution in [3.8, 4) is 11.4 Å². The topological polar surface area (TPSA) is 223 Å². The second kappa shape index (κ2) is 28.0. The Hall–Kier alpha value is -3.28. The Bertz CT molecular complexity index is 456. The molecule has 0 aliphatic rings. The molecule has 0 aromatic carbocycles. The van der Waals surface area contributed by atoms with Crippen LogP contribution < -0.4 is 5.59 Å². The molecule has 0 atom stereocenters. The Morgan fingerprint density at radius 1 is 0.708 bits per heavy atom. The molecule has 0 bridgehead atoms. The van der Waals surface area contributed by atoms with Gasteiger partial charge in [0.1, 0.15) is 5.59 Å². The van der Waals surface area contributed by atoms with E-state index in [9.17, 15) is 0 Å².